The maximum Gasteiger partial charge on any atom is 0.303 e. The largest absolute Gasteiger partial charge is 0.481 e. The normalized spacial score (nSPS) is 12.7. The predicted octanol–water partition coefficient (Wildman–Crippen LogP) is 1.53. The SMILES string of the molecule is CC(CC(=O)O)CC(=O)Nc1ccc(S(C)(=O)=O)cc1. The van der Waals surface area contributed by atoms with Crippen molar-refractivity contribution in [3.63, 3.8) is 0 Å². The summed E-state index contributed by atoms with van der Waals surface area (Å²) in [6.45, 7) is 1.68. The van der Waals surface area contributed by atoms with E-state index >= 15 is 0 Å². The van der Waals surface area contributed by atoms with E-state index in [2.05, 4.69) is 5.32 Å². The number of anilines is 1. The average Bonchev–Trinajstić information content (AvgIpc) is 2.26. The average molecular weight is 299 g/mol. The zero-order chi connectivity index (χ0) is 15.3. The number of carboxylic acid groups (broad SMARTS) is 1. The summed E-state index contributed by atoms with van der Waals surface area (Å²) in [7, 11) is -3.26. The van der Waals surface area contributed by atoms with Gasteiger partial charge in [0.1, 0.15) is 0 Å². The minimum atomic E-state index is -3.26. The van der Waals surface area contributed by atoms with E-state index in [1.165, 1.54) is 24.3 Å². The van der Waals surface area contributed by atoms with Gasteiger partial charge in [-0.25, -0.2) is 8.42 Å². The maximum atomic E-state index is 11.7. The van der Waals surface area contributed by atoms with E-state index in [0.29, 0.717) is 5.69 Å². The molecular weight excluding hydrogens is 282 g/mol. The first-order valence-electron chi connectivity index (χ1n) is 6.00. The van der Waals surface area contributed by atoms with E-state index in [1.54, 1.807) is 6.92 Å². The molecule has 0 aliphatic rings. The van der Waals surface area contributed by atoms with Gasteiger partial charge in [0, 0.05) is 24.8 Å². The lowest BCUT2D eigenvalue weighted by Crippen LogP contribution is -2.17. The molecule has 7 heteroatoms. The van der Waals surface area contributed by atoms with Gasteiger partial charge in [0.25, 0.3) is 0 Å². The molecular formula is C13H17NO5S. The Bertz CT molecular complexity index is 592. The number of amides is 1. The first-order chi connectivity index (χ1) is 9.18. The molecule has 0 spiro atoms. The standard InChI is InChI=1S/C13H17NO5S/c1-9(8-13(16)17)7-12(15)14-10-3-5-11(6-4-10)20(2,18)19/h3-6,9H,7-8H2,1-2H3,(H,14,15)(H,16,17). The van der Waals surface area contributed by atoms with Gasteiger partial charge in [-0.1, -0.05) is 6.92 Å². The number of hydrogen-bond acceptors (Lipinski definition) is 4. The molecule has 0 bridgehead atoms. The van der Waals surface area contributed by atoms with Crippen molar-refractivity contribution < 1.29 is 23.1 Å². The molecule has 20 heavy (non-hydrogen) atoms. The molecule has 0 heterocycles. The molecule has 1 aromatic rings. The molecule has 0 aliphatic carbocycles. The van der Waals surface area contributed by atoms with E-state index < -0.39 is 15.8 Å². The van der Waals surface area contributed by atoms with Crippen LogP contribution in [-0.4, -0.2) is 31.7 Å². The predicted molar refractivity (Wildman–Crippen MR) is 74.2 cm³/mol. The van der Waals surface area contributed by atoms with Gasteiger partial charge in [0.2, 0.25) is 5.91 Å². The molecule has 0 aromatic heterocycles. The van der Waals surface area contributed by atoms with E-state index in [0.717, 1.165) is 6.26 Å². The molecule has 1 atom stereocenters. The summed E-state index contributed by atoms with van der Waals surface area (Å²) < 4.78 is 22.5. The molecule has 0 fully saturated rings. The Hall–Kier alpha value is -1.89. The quantitative estimate of drug-likeness (QED) is 0.829. The summed E-state index contributed by atoms with van der Waals surface area (Å²) >= 11 is 0. The van der Waals surface area contributed by atoms with Gasteiger partial charge >= 0.3 is 5.97 Å². The second-order valence-electron chi connectivity index (χ2n) is 4.75. The fraction of sp³-hybridized carbons (Fsp3) is 0.385. The van der Waals surface area contributed by atoms with Crippen LogP contribution < -0.4 is 5.32 Å². The fourth-order valence-corrected chi connectivity index (χ4v) is 2.31. The van der Waals surface area contributed by atoms with Crippen LogP contribution in [0.5, 0.6) is 0 Å². The molecule has 0 aliphatic heterocycles. The number of rotatable bonds is 6. The summed E-state index contributed by atoms with van der Waals surface area (Å²) in [5, 5.41) is 11.2. The molecule has 0 saturated carbocycles. The minimum Gasteiger partial charge on any atom is -0.481 e. The van der Waals surface area contributed by atoms with Crippen molar-refractivity contribution in [3.05, 3.63) is 24.3 Å². The number of nitrogens with one attached hydrogen (secondary N) is 1. The highest BCUT2D eigenvalue weighted by atomic mass is 32.2. The van der Waals surface area contributed by atoms with Gasteiger partial charge in [-0.3, -0.25) is 9.59 Å². The summed E-state index contributed by atoms with van der Waals surface area (Å²) in [5.41, 5.74) is 0.477. The van der Waals surface area contributed by atoms with E-state index in [-0.39, 0.29) is 29.6 Å². The molecule has 1 unspecified atom stereocenters. The lowest BCUT2D eigenvalue weighted by Gasteiger charge is -2.09. The van der Waals surface area contributed by atoms with Crippen LogP contribution in [0, 0.1) is 5.92 Å². The zero-order valence-electron chi connectivity index (χ0n) is 11.3. The monoisotopic (exact) mass is 299 g/mol. The van der Waals surface area contributed by atoms with Gasteiger partial charge in [-0.15, -0.1) is 0 Å². The van der Waals surface area contributed by atoms with Crippen LogP contribution in [0.15, 0.2) is 29.2 Å². The van der Waals surface area contributed by atoms with Crippen LogP contribution in [0.25, 0.3) is 0 Å². The number of carbonyl (C=O) groups is 2. The van der Waals surface area contributed by atoms with Crippen LogP contribution in [0.2, 0.25) is 0 Å². The third kappa shape index (κ3) is 5.40. The summed E-state index contributed by atoms with van der Waals surface area (Å²) in [5.74, 6) is -1.50. The van der Waals surface area contributed by atoms with Crippen LogP contribution in [0.1, 0.15) is 19.8 Å². The molecule has 2 N–H and O–H groups in total. The van der Waals surface area contributed by atoms with Crippen molar-refractivity contribution >= 4 is 27.4 Å². The molecule has 1 aromatic carbocycles. The van der Waals surface area contributed by atoms with Crippen molar-refractivity contribution in [2.75, 3.05) is 11.6 Å². The number of sulfone groups is 1. The first-order valence-corrected chi connectivity index (χ1v) is 7.89. The van der Waals surface area contributed by atoms with Crippen molar-refractivity contribution in [2.24, 2.45) is 5.92 Å². The topological polar surface area (TPSA) is 101 Å². The molecule has 110 valence electrons. The van der Waals surface area contributed by atoms with Crippen molar-refractivity contribution in [1.29, 1.82) is 0 Å². The van der Waals surface area contributed by atoms with Crippen molar-refractivity contribution in [2.45, 2.75) is 24.7 Å². The first kappa shape index (κ1) is 16.2. The lowest BCUT2D eigenvalue weighted by atomic mass is 10.0. The Balaban J connectivity index is 2.61. The minimum absolute atomic E-state index is 0.0690. The zero-order valence-corrected chi connectivity index (χ0v) is 12.1. The number of hydrogen-bond donors (Lipinski definition) is 2. The van der Waals surface area contributed by atoms with Crippen molar-refractivity contribution in [1.82, 2.24) is 0 Å². The number of carbonyl (C=O) groups excluding carboxylic acids is 1. The van der Waals surface area contributed by atoms with E-state index in [4.69, 9.17) is 5.11 Å². The molecule has 0 radical (unpaired) electrons. The van der Waals surface area contributed by atoms with Gasteiger partial charge < -0.3 is 10.4 Å². The van der Waals surface area contributed by atoms with Crippen LogP contribution in [0.4, 0.5) is 5.69 Å². The number of carboxylic acids is 1. The third-order valence-corrected chi connectivity index (χ3v) is 3.75. The second kappa shape index (κ2) is 6.51. The second-order valence-corrected chi connectivity index (χ2v) is 6.77. The van der Waals surface area contributed by atoms with E-state index in [9.17, 15) is 18.0 Å². The fourth-order valence-electron chi connectivity index (χ4n) is 1.68. The number of benzene rings is 1. The summed E-state index contributed by atoms with van der Waals surface area (Å²) in [4.78, 5) is 22.3. The maximum absolute atomic E-state index is 11.7. The Morgan fingerprint density at radius 2 is 1.75 bits per heavy atom. The summed E-state index contributed by atoms with van der Waals surface area (Å²) in [6.07, 6.45) is 1.13. The summed E-state index contributed by atoms with van der Waals surface area (Å²) in [6, 6.07) is 5.81. The molecule has 1 amide bonds. The van der Waals surface area contributed by atoms with Gasteiger partial charge in [0.05, 0.1) is 4.90 Å². The smallest absolute Gasteiger partial charge is 0.303 e. The Kier molecular flexibility index (Phi) is 5.26. The highest BCUT2D eigenvalue weighted by Gasteiger charge is 2.13. The Morgan fingerprint density at radius 1 is 1.20 bits per heavy atom. The highest BCUT2D eigenvalue weighted by Crippen LogP contribution is 2.15. The lowest BCUT2D eigenvalue weighted by molar-refractivity contribution is -0.138. The number of aliphatic carboxylic acids is 1. The van der Waals surface area contributed by atoms with Gasteiger partial charge in [-0.05, 0) is 30.2 Å². The molecule has 1 rings (SSSR count). The molecule has 0 saturated heterocycles. The Labute approximate surface area is 117 Å². The van der Waals surface area contributed by atoms with E-state index in [1.807, 2.05) is 0 Å². The van der Waals surface area contributed by atoms with Crippen LogP contribution >= 0.6 is 0 Å². The Morgan fingerprint density at radius 3 is 2.20 bits per heavy atom. The van der Waals surface area contributed by atoms with Crippen LogP contribution in [0.3, 0.4) is 0 Å². The molecule has 6 nitrogen and oxygen atoms in total. The van der Waals surface area contributed by atoms with Gasteiger partial charge in [-0.2, -0.15) is 0 Å². The third-order valence-electron chi connectivity index (χ3n) is 2.62. The van der Waals surface area contributed by atoms with Gasteiger partial charge in [0.15, 0.2) is 9.84 Å². The highest BCUT2D eigenvalue weighted by molar-refractivity contribution is 7.90. The van der Waals surface area contributed by atoms with Crippen molar-refractivity contribution in [3.8, 4) is 0 Å². The van der Waals surface area contributed by atoms with Crippen LogP contribution in [-0.2, 0) is 19.4 Å².